The second kappa shape index (κ2) is 6.83. The summed E-state index contributed by atoms with van der Waals surface area (Å²) in [4.78, 5) is 2.06. The normalized spacial score (nSPS) is 12.2. The standard InChI is InChI=1S/C17H21ClN2O/c1-12(19-2)15-9-8-14(10-17(15)21)20(3)11-13-6-4-5-7-16(13)18/h4-10,12,19,21H,11H2,1-3H3. The van der Waals surface area contributed by atoms with Crippen molar-refractivity contribution in [3.05, 3.63) is 58.6 Å². The van der Waals surface area contributed by atoms with Gasteiger partial charge in [-0.25, -0.2) is 0 Å². The molecule has 112 valence electrons. The molecule has 2 aromatic rings. The van der Waals surface area contributed by atoms with Crippen molar-refractivity contribution in [1.29, 1.82) is 0 Å². The molecule has 4 heteroatoms. The highest BCUT2D eigenvalue weighted by molar-refractivity contribution is 6.31. The summed E-state index contributed by atoms with van der Waals surface area (Å²) in [5.74, 6) is 0.306. The van der Waals surface area contributed by atoms with Gasteiger partial charge in [-0.1, -0.05) is 35.9 Å². The van der Waals surface area contributed by atoms with Crippen LogP contribution in [0.25, 0.3) is 0 Å². The Hall–Kier alpha value is -1.71. The first-order chi connectivity index (χ1) is 10.0. The van der Waals surface area contributed by atoms with E-state index < -0.39 is 0 Å². The van der Waals surface area contributed by atoms with Crippen molar-refractivity contribution in [3.63, 3.8) is 0 Å². The van der Waals surface area contributed by atoms with E-state index in [1.54, 1.807) is 6.07 Å². The lowest BCUT2D eigenvalue weighted by Crippen LogP contribution is -2.17. The molecule has 0 aliphatic carbocycles. The molecule has 0 amide bonds. The molecule has 0 radical (unpaired) electrons. The van der Waals surface area contributed by atoms with Crippen LogP contribution >= 0.6 is 11.6 Å². The predicted molar refractivity (Wildman–Crippen MR) is 89.1 cm³/mol. The fourth-order valence-electron chi connectivity index (χ4n) is 2.26. The lowest BCUT2D eigenvalue weighted by molar-refractivity contribution is 0.458. The summed E-state index contributed by atoms with van der Waals surface area (Å²) in [6.07, 6.45) is 0. The summed E-state index contributed by atoms with van der Waals surface area (Å²) in [5.41, 5.74) is 2.92. The van der Waals surface area contributed by atoms with Gasteiger partial charge in [-0.05, 0) is 31.7 Å². The average Bonchev–Trinajstić information content (AvgIpc) is 2.48. The minimum atomic E-state index is 0.118. The van der Waals surface area contributed by atoms with Crippen LogP contribution in [0.4, 0.5) is 5.69 Å². The van der Waals surface area contributed by atoms with Gasteiger partial charge in [-0.2, -0.15) is 0 Å². The molecule has 0 spiro atoms. The molecule has 1 atom stereocenters. The number of aromatic hydroxyl groups is 1. The van der Waals surface area contributed by atoms with Gasteiger partial charge in [0.2, 0.25) is 0 Å². The summed E-state index contributed by atoms with van der Waals surface area (Å²) in [6, 6.07) is 13.7. The number of halogens is 1. The maximum atomic E-state index is 10.2. The van der Waals surface area contributed by atoms with Crippen LogP contribution in [0.3, 0.4) is 0 Å². The molecule has 2 aromatic carbocycles. The molecule has 0 saturated heterocycles. The predicted octanol–water partition coefficient (Wildman–Crippen LogP) is 3.96. The summed E-state index contributed by atoms with van der Waals surface area (Å²) < 4.78 is 0. The van der Waals surface area contributed by atoms with E-state index in [1.165, 1.54) is 0 Å². The van der Waals surface area contributed by atoms with Crippen molar-refractivity contribution >= 4 is 17.3 Å². The molecule has 21 heavy (non-hydrogen) atoms. The van der Waals surface area contributed by atoms with E-state index in [4.69, 9.17) is 11.6 Å². The number of rotatable bonds is 5. The molecular weight excluding hydrogens is 284 g/mol. The zero-order valence-electron chi connectivity index (χ0n) is 12.6. The number of anilines is 1. The first-order valence-electron chi connectivity index (χ1n) is 6.97. The highest BCUT2D eigenvalue weighted by Gasteiger charge is 2.11. The Bertz CT molecular complexity index is 615. The molecule has 0 fully saturated rings. The molecule has 0 aromatic heterocycles. The van der Waals surface area contributed by atoms with Gasteiger partial charge in [0, 0.05) is 42.0 Å². The largest absolute Gasteiger partial charge is 0.508 e. The van der Waals surface area contributed by atoms with E-state index in [1.807, 2.05) is 57.4 Å². The smallest absolute Gasteiger partial charge is 0.122 e. The third kappa shape index (κ3) is 3.69. The zero-order chi connectivity index (χ0) is 15.4. The number of nitrogens with one attached hydrogen (secondary N) is 1. The van der Waals surface area contributed by atoms with Crippen molar-refractivity contribution in [3.8, 4) is 5.75 Å². The lowest BCUT2D eigenvalue weighted by atomic mass is 10.1. The Morgan fingerprint density at radius 3 is 2.57 bits per heavy atom. The van der Waals surface area contributed by atoms with Crippen LogP contribution in [0, 0.1) is 0 Å². The SMILES string of the molecule is CNC(C)c1ccc(N(C)Cc2ccccc2Cl)cc1O. The van der Waals surface area contributed by atoms with Crippen LogP contribution in [-0.4, -0.2) is 19.2 Å². The summed E-state index contributed by atoms with van der Waals surface area (Å²) in [7, 11) is 3.86. The van der Waals surface area contributed by atoms with E-state index in [0.29, 0.717) is 12.3 Å². The molecule has 0 bridgehead atoms. The molecular formula is C17H21ClN2O. The van der Waals surface area contributed by atoms with Gasteiger partial charge in [0.05, 0.1) is 0 Å². The summed E-state index contributed by atoms with van der Waals surface area (Å²) in [6.45, 7) is 2.71. The van der Waals surface area contributed by atoms with Gasteiger partial charge in [0.1, 0.15) is 5.75 Å². The molecule has 0 heterocycles. The summed E-state index contributed by atoms with van der Waals surface area (Å²) >= 11 is 6.19. The fraction of sp³-hybridized carbons (Fsp3) is 0.294. The van der Waals surface area contributed by atoms with Crippen molar-refractivity contribution in [1.82, 2.24) is 5.32 Å². The van der Waals surface area contributed by atoms with E-state index in [0.717, 1.165) is 21.8 Å². The third-order valence-electron chi connectivity index (χ3n) is 3.72. The van der Waals surface area contributed by atoms with E-state index in [9.17, 15) is 5.11 Å². The van der Waals surface area contributed by atoms with Crippen molar-refractivity contribution < 1.29 is 5.11 Å². The average molecular weight is 305 g/mol. The Balaban J connectivity index is 2.18. The van der Waals surface area contributed by atoms with Crippen LogP contribution in [0.1, 0.15) is 24.1 Å². The molecule has 0 saturated carbocycles. The highest BCUT2D eigenvalue weighted by atomic mass is 35.5. The minimum absolute atomic E-state index is 0.118. The Morgan fingerprint density at radius 2 is 1.95 bits per heavy atom. The topological polar surface area (TPSA) is 35.5 Å². The van der Waals surface area contributed by atoms with Crippen LogP contribution in [-0.2, 0) is 6.54 Å². The van der Waals surface area contributed by atoms with E-state index in [2.05, 4.69) is 10.2 Å². The molecule has 1 unspecified atom stereocenters. The first kappa shape index (κ1) is 15.7. The Morgan fingerprint density at radius 1 is 1.24 bits per heavy atom. The maximum absolute atomic E-state index is 10.2. The zero-order valence-corrected chi connectivity index (χ0v) is 13.4. The van der Waals surface area contributed by atoms with Gasteiger partial charge in [0.15, 0.2) is 0 Å². The van der Waals surface area contributed by atoms with Crippen molar-refractivity contribution in [2.24, 2.45) is 0 Å². The third-order valence-corrected chi connectivity index (χ3v) is 4.09. The van der Waals surface area contributed by atoms with Crippen molar-refractivity contribution in [2.75, 3.05) is 19.0 Å². The number of phenols is 1. The van der Waals surface area contributed by atoms with Crippen LogP contribution in [0.2, 0.25) is 5.02 Å². The van der Waals surface area contributed by atoms with Gasteiger partial charge < -0.3 is 15.3 Å². The lowest BCUT2D eigenvalue weighted by Gasteiger charge is -2.22. The van der Waals surface area contributed by atoms with E-state index in [-0.39, 0.29) is 6.04 Å². The number of hydrogen-bond donors (Lipinski definition) is 2. The van der Waals surface area contributed by atoms with Crippen LogP contribution < -0.4 is 10.2 Å². The molecule has 0 aliphatic heterocycles. The second-order valence-electron chi connectivity index (χ2n) is 5.20. The number of hydrogen-bond acceptors (Lipinski definition) is 3. The van der Waals surface area contributed by atoms with Gasteiger partial charge >= 0.3 is 0 Å². The second-order valence-corrected chi connectivity index (χ2v) is 5.61. The fourth-order valence-corrected chi connectivity index (χ4v) is 2.46. The number of nitrogens with zero attached hydrogens (tertiary/aromatic N) is 1. The number of benzene rings is 2. The quantitative estimate of drug-likeness (QED) is 0.877. The van der Waals surface area contributed by atoms with Crippen LogP contribution in [0.15, 0.2) is 42.5 Å². The monoisotopic (exact) mass is 304 g/mol. The molecule has 0 aliphatic rings. The molecule has 2 rings (SSSR count). The van der Waals surface area contributed by atoms with Crippen molar-refractivity contribution in [2.45, 2.75) is 19.5 Å². The Kier molecular flexibility index (Phi) is 5.10. The van der Waals surface area contributed by atoms with Gasteiger partial charge in [-0.3, -0.25) is 0 Å². The maximum Gasteiger partial charge on any atom is 0.122 e. The first-order valence-corrected chi connectivity index (χ1v) is 7.35. The Labute approximate surface area is 131 Å². The molecule has 2 N–H and O–H groups in total. The molecule has 3 nitrogen and oxygen atoms in total. The summed E-state index contributed by atoms with van der Waals surface area (Å²) in [5, 5.41) is 14.1. The van der Waals surface area contributed by atoms with Crippen LogP contribution in [0.5, 0.6) is 5.75 Å². The highest BCUT2D eigenvalue weighted by Crippen LogP contribution is 2.29. The van der Waals surface area contributed by atoms with Gasteiger partial charge in [-0.15, -0.1) is 0 Å². The number of phenolic OH excluding ortho intramolecular Hbond substituents is 1. The minimum Gasteiger partial charge on any atom is -0.508 e. The van der Waals surface area contributed by atoms with E-state index >= 15 is 0 Å². The van der Waals surface area contributed by atoms with Gasteiger partial charge in [0.25, 0.3) is 0 Å².